The zero-order valence-electron chi connectivity index (χ0n) is 10.4. The number of carboxylic acid groups (broad SMARTS) is 1. The molecule has 0 heterocycles. The van der Waals surface area contributed by atoms with Gasteiger partial charge in [-0.05, 0) is 18.6 Å². The summed E-state index contributed by atoms with van der Waals surface area (Å²) in [5, 5.41) is 13.4. The number of carbonyl (C=O) groups excluding carboxylic acids is 1. The minimum Gasteiger partial charge on any atom is -0.494 e. The van der Waals surface area contributed by atoms with Crippen molar-refractivity contribution in [3.05, 3.63) is 24.0 Å². The second kappa shape index (κ2) is 7.20. The maximum Gasteiger partial charge on any atom is 0.319 e. The van der Waals surface area contributed by atoms with Crippen LogP contribution in [0.15, 0.2) is 18.2 Å². The minimum absolute atomic E-state index is 0.0137. The Morgan fingerprint density at radius 3 is 2.79 bits per heavy atom. The lowest BCUT2D eigenvalue weighted by Gasteiger charge is -2.10. The van der Waals surface area contributed by atoms with Crippen molar-refractivity contribution in [1.29, 1.82) is 0 Å². The van der Waals surface area contributed by atoms with E-state index in [0.717, 1.165) is 6.07 Å². The van der Waals surface area contributed by atoms with Gasteiger partial charge in [-0.1, -0.05) is 0 Å². The van der Waals surface area contributed by atoms with Crippen LogP contribution in [-0.4, -0.2) is 30.8 Å². The summed E-state index contributed by atoms with van der Waals surface area (Å²) in [5.74, 6) is -1.17. The van der Waals surface area contributed by atoms with Crippen molar-refractivity contribution in [2.24, 2.45) is 0 Å². The number of rotatable bonds is 6. The number of amides is 2. The Bertz CT molecular complexity index is 465. The van der Waals surface area contributed by atoms with Crippen LogP contribution in [0.2, 0.25) is 0 Å². The number of benzene rings is 1. The zero-order valence-corrected chi connectivity index (χ0v) is 10.4. The molecule has 19 heavy (non-hydrogen) atoms. The van der Waals surface area contributed by atoms with Gasteiger partial charge in [0.25, 0.3) is 0 Å². The lowest BCUT2D eigenvalue weighted by atomic mass is 10.3. The number of nitrogens with one attached hydrogen (secondary N) is 2. The normalized spacial score (nSPS) is 9.79. The molecule has 0 saturated heterocycles. The molecule has 0 spiro atoms. The Labute approximate surface area is 109 Å². The second-order valence-electron chi connectivity index (χ2n) is 3.72. The summed E-state index contributed by atoms with van der Waals surface area (Å²) in [6.45, 7) is 0.238. The molecule has 1 aromatic carbocycles. The smallest absolute Gasteiger partial charge is 0.319 e. The molecule has 0 unspecified atom stereocenters. The average Bonchev–Trinajstić information content (AvgIpc) is 2.36. The van der Waals surface area contributed by atoms with Crippen molar-refractivity contribution in [2.75, 3.05) is 19.0 Å². The first-order valence-electron chi connectivity index (χ1n) is 5.63. The number of carboxylic acids is 1. The van der Waals surface area contributed by atoms with Gasteiger partial charge >= 0.3 is 12.0 Å². The molecule has 0 aliphatic heterocycles. The Hall–Kier alpha value is -2.31. The van der Waals surface area contributed by atoms with Crippen molar-refractivity contribution in [3.63, 3.8) is 0 Å². The predicted octanol–water partition coefficient (Wildman–Crippen LogP) is 1.82. The molecule has 1 rings (SSSR count). The van der Waals surface area contributed by atoms with Crippen LogP contribution in [-0.2, 0) is 4.79 Å². The molecule has 1 aromatic rings. The number of anilines is 1. The highest BCUT2D eigenvalue weighted by Gasteiger charge is 2.08. The van der Waals surface area contributed by atoms with Crippen LogP contribution in [0.1, 0.15) is 12.8 Å². The monoisotopic (exact) mass is 270 g/mol. The van der Waals surface area contributed by atoms with E-state index in [2.05, 4.69) is 10.6 Å². The van der Waals surface area contributed by atoms with E-state index in [-0.39, 0.29) is 18.7 Å². The van der Waals surface area contributed by atoms with E-state index in [1.807, 2.05) is 0 Å². The highest BCUT2D eigenvalue weighted by Crippen LogP contribution is 2.24. The van der Waals surface area contributed by atoms with Gasteiger partial charge in [0.1, 0.15) is 11.6 Å². The number of urea groups is 1. The van der Waals surface area contributed by atoms with E-state index in [1.165, 1.54) is 19.2 Å². The van der Waals surface area contributed by atoms with Crippen LogP contribution in [0.4, 0.5) is 14.9 Å². The third-order valence-corrected chi connectivity index (χ3v) is 2.26. The van der Waals surface area contributed by atoms with Crippen LogP contribution in [0.5, 0.6) is 5.75 Å². The SMILES string of the molecule is COc1cc(F)ccc1NC(=O)NCCCC(=O)O. The molecule has 0 aliphatic carbocycles. The summed E-state index contributed by atoms with van der Waals surface area (Å²) in [6.07, 6.45) is 0.323. The summed E-state index contributed by atoms with van der Waals surface area (Å²) in [6, 6.07) is 3.23. The fraction of sp³-hybridized carbons (Fsp3) is 0.333. The van der Waals surface area contributed by atoms with E-state index in [4.69, 9.17) is 9.84 Å². The molecule has 3 N–H and O–H groups in total. The lowest BCUT2D eigenvalue weighted by molar-refractivity contribution is -0.137. The van der Waals surface area contributed by atoms with Crippen molar-refractivity contribution >= 4 is 17.7 Å². The van der Waals surface area contributed by atoms with E-state index >= 15 is 0 Å². The largest absolute Gasteiger partial charge is 0.494 e. The van der Waals surface area contributed by atoms with Crippen LogP contribution in [0, 0.1) is 5.82 Å². The third-order valence-electron chi connectivity index (χ3n) is 2.26. The molecule has 6 nitrogen and oxygen atoms in total. The van der Waals surface area contributed by atoms with Crippen molar-refractivity contribution in [2.45, 2.75) is 12.8 Å². The van der Waals surface area contributed by atoms with Gasteiger partial charge in [-0.15, -0.1) is 0 Å². The predicted molar refractivity (Wildman–Crippen MR) is 66.8 cm³/mol. The van der Waals surface area contributed by atoms with Crippen LogP contribution < -0.4 is 15.4 Å². The summed E-state index contributed by atoms with van der Waals surface area (Å²) >= 11 is 0. The highest BCUT2D eigenvalue weighted by molar-refractivity contribution is 5.90. The molecule has 7 heteroatoms. The molecule has 0 radical (unpaired) electrons. The highest BCUT2D eigenvalue weighted by atomic mass is 19.1. The fourth-order valence-electron chi connectivity index (χ4n) is 1.38. The molecule has 0 atom stereocenters. The van der Waals surface area contributed by atoms with Gasteiger partial charge in [-0.25, -0.2) is 9.18 Å². The average molecular weight is 270 g/mol. The standard InChI is InChI=1S/C12H15FN2O4/c1-19-10-7-8(13)4-5-9(10)15-12(18)14-6-2-3-11(16)17/h4-5,7H,2-3,6H2,1H3,(H,16,17)(H2,14,15,18). The Balaban J connectivity index is 2.46. The molecule has 0 aromatic heterocycles. The summed E-state index contributed by atoms with van der Waals surface area (Å²) < 4.78 is 17.9. The van der Waals surface area contributed by atoms with Gasteiger partial charge in [-0.2, -0.15) is 0 Å². The van der Waals surface area contributed by atoms with E-state index in [0.29, 0.717) is 12.1 Å². The van der Waals surface area contributed by atoms with Gasteiger partial charge in [0.15, 0.2) is 0 Å². The number of aliphatic carboxylic acids is 1. The van der Waals surface area contributed by atoms with Crippen molar-refractivity contribution < 1.29 is 23.8 Å². The molecule has 104 valence electrons. The summed E-state index contributed by atoms with van der Waals surface area (Å²) in [4.78, 5) is 21.8. The Morgan fingerprint density at radius 2 is 2.16 bits per heavy atom. The Morgan fingerprint density at radius 1 is 1.42 bits per heavy atom. The zero-order chi connectivity index (χ0) is 14.3. The maximum atomic E-state index is 12.9. The first kappa shape index (κ1) is 14.7. The first-order chi connectivity index (χ1) is 9.02. The second-order valence-corrected chi connectivity index (χ2v) is 3.72. The minimum atomic E-state index is -0.914. The van der Waals surface area contributed by atoms with Crippen LogP contribution in [0.25, 0.3) is 0 Å². The van der Waals surface area contributed by atoms with Gasteiger partial charge in [0.2, 0.25) is 0 Å². The molecule has 0 bridgehead atoms. The van der Waals surface area contributed by atoms with E-state index in [9.17, 15) is 14.0 Å². The number of ether oxygens (including phenoxy) is 1. The number of hydrogen-bond donors (Lipinski definition) is 3. The quantitative estimate of drug-likeness (QED) is 0.688. The van der Waals surface area contributed by atoms with Crippen molar-refractivity contribution in [1.82, 2.24) is 5.32 Å². The van der Waals surface area contributed by atoms with Crippen LogP contribution >= 0.6 is 0 Å². The van der Waals surface area contributed by atoms with Gasteiger partial charge in [-0.3, -0.25) is 4.79 Å². The molecule has 0 saturated carbocycles. The molecule has 2 amide bonds. The lowest BCUT2D eigenvalue weighted by Crippen LogP contribution is -2.30. The number of hydrogen-bond acceptors (Lipinski definition) is 3. The third kappa shape index (κ3) is 5.24. The molecule has 0 aliphatic rings. The topological polar surface area (TPSA) is 87.7 Å². The van der Waals surface area contributed by atoms with Crippen LogP contribution in [0.3, 0.4) is 0 Å². The van der Waals surface area contributed by atoms with Gasteiger partial charge in [0.05, 0.1) is 12.8 Å². The summed E-state index contributed by atoms with van der Waals surface area (Å²) in [5.41, 5.74) is 0.333. The number of halogens is 1. The summed E-state index contributed by atoms with van der Waals surface area (Å²) in [7, 11) is 1.37. The molecular weight excluding hydrogens is 255 g/mol. The van der Waals surface area contributed by atoms with Gasteiger partial charge < -0.3 is 20.5 Å². The van der Waals surface area contributed by atoms with E-state index in [1.54, 1.807) is 0 Å². The number of methoxy groups -OCH3 is 1. The fourth-order valence-corrected chi connectivity index (χ4v) is 1.38. The first-order valence-corrected chi connectivity index (χ1v) is 5.63. The van der Waals surface area contributed by atoms with Crippen molar-refractivity contribution in [3.8, 4) is 5.75 Å². The number of carbonyl (C=O) groups is 2. The molecular formula is C12H15FN2O4. The maximum absolute atomic E-state index is 12.9. The molecule has 0 fully saturated rings. The Kier molecular flexibility index (Phi) is 5.59. The van der Waals surface area contributed by atoms with Gasteiger partial charge in [0, 0.05) is 19.0 Å². The van der Waals surface area contributed by atoms with E-state index < -0.39 is 17.8 Å².